The van der Waals surface area contributed by atoms with Gasteiger partial charge in [-0.15, -0.1) is 0 Å². The Labute approximate surface area is 309 Å². The lowest BCUT2D eigenvalue weighted by Gasteiger charge is -2.72. The fourth-order valence-corrected chi connectivity index (χ4v) is 13.1. The van der Waals surface area contributed by atoms with Crippen molar-refractivity contribution in [1.29, 1.82) is 0 Å². The van der Waals surface area contributed by atoms with Crippen molar-refractivity contribution in [2.24, 2.45) is 56.7 Å². The highest BCUT2D eigenvalue weighted by atomic mass is 16.5. The monoisotopic (exact) mass is 713 g/mol. The van der Waals surface area contributed by atoms with E-state index in [1.165, 1.54) is 5.57 Å². The first-order valence-corrected chi connectivity index (χ1v) is 20.3. The predicted molar refractivity (Wildman–Crippen MR) is 202 cm³/mol. The number of hydrogen-bond donors (Lipinski definition) is 2. The van der Waals surface area contributed by atoms with Gasteiger partial charge in [0.15, 0.2) is 5.78 Å². The first kappa shape index (κ1) is 40.4. The Morgan fingerprint density at radius 3 is 2.12 bits per heavy atom. The number of allylic oxidation sites excluding steroid dienone is 1. The summed E-state index contributed by atoms with van der Waals surface area (Å²) in [5.41, 5.74) is 1.82. The zero-order valence-corrected chi connectivity index (χ0v) is 34.2. The predicted octanol–water partition coefficient (Wildman–Crippen LogP) is 7.62. The summed E-state index contributed by atoms with van der Waals surface area (Å²) in [5.74, 6) is -0.548. The van der Waals surface area contributed by atoms with Crippen molar-refractivity contribution in [2.75, 3.05) is 33.7 Å². The molecule has 0 aromatic carbocycles. The van der Waals surface area contributed by atoms with Gasteiger partial charge in [0.05, 0.1) is 18.4 Å². The van der Waals surface area contributed by atoms with Crippen LogP contribution in [0.15, 0.2) is 11.1 Å². The van der Waals surface area contributed by atoms with Crippen molar-refractivity contribution in [2.45, 2.75) is 152 Å². The maximum atomic E-state index is 14.1. The van der Waals surface area contributed by atoms with Crippen LogP contribution in [0.4, 0.5) is 0 Å². The van der Waals surface area contributed by atoms with Gasteiger partial charge in [0.25, 0.3) is 0 Å². The summed E-state index contributed by atoms with van der Waals surface area (Å²) in [5, 5.41) is 21.8. The smallest absolute Gasteiger partial charge is 0.306 e. The molecule has 0 bridgehead atoms. The molecule has 0 radical (unpaired) electrons. The van der Waals surface area contributed by atoms with E-state index >= 15 is 0 Å². The molecule has 0 aromatic heterocycles. The number of carboxylic acid groups (broad SMARTS) is 1. The Morgan fingerprint density at radius 2 is 1.53 bits per heavy atom. The number of aliphatic hydroxyl groups is 1. The fraction of sp³-hybridized carbons (Fsp3) is 0.884. The lowest BCUT2D eigenvalue weighted by Crippen LogP contribution is -2.66. The molecule has 5 aliphatic rings. The second-order valence-corrected chi connectivity index (χ2v) is 20.0. The molecule has 0 saturated heterocycles. The lowest BCUT2D eigenvalue weighted by atomic mass is 9.33. The normalized spacial score (nSPS) is 38.7. The van der Waals surface area contributed by atoms with Crippen molar-refractivity contribution in [3.05, 3.63) is 11.1 Å². The maximum absolute atomic E-state index is 14.1. The van der Waals surface area contributed by atoms with Gasteiger partial charge in [-0.1, -0.05) is 61.0 Å². The molecule has 0 aromatic rings. The van der Waals surface area contributed by atoms with Crippen LogP contribution >= 0.6 is 0 Å². The number of aliphatic carboxylic acids is 1. The minimum Gasteiger partial charge on any atom is -0.481 e. The van der Waals surface area contributed by atoms with Crippen LogP contribution < -0.4 is 0 Å². The number of aliphatic hydroxyl groups excluding tert-OH is 1. The van der Waals surface area contributed by atoms with Gasteiger partial charge >= 0.3 is 11.9 Å². The van der Waals surface area contributed by atoms with Gasteiger partial charge in [-0.3, -0.25) is 19.3 Å². The molecule has 8 heteroatoms. The number of carbonyl (C=O) groups excluding carboxylic acids is 2. The Morgan fingerprint density at radius 1 is 0.863 bits per heavy atom. The SMILES string of the molecule is CC(C)C1=C2[C@H]3CC[C@@H]4[C@@]5(C)CC[C@H](OC(=O)CC(C)C(=O)O)C(C)(C)[C@@H]5CC[C@@]4(C)[C@]3(C)CC[C@@]2([C@@H](O)CN(CCN(C)C)C(C)C)CC1=O. The molecule has 0 amide bonds. The third-order valence-electron chi connectivity index (χ3n) is 16.2. The van der Waals surface area contributed by atoms with Crippen LogP contribution in [0, 0.1) is 56.7 Å². The number of carbonyl (C=O) groups is 3. The summed E-state index contributed by atoms with van der Waals surface area (Å²) in [4.78, 5) is 43.1. The topological polar surface area (TPSA) is 107 Å². The highest BCUT2D eigenvalue weighted by Gasteiger charge is 2.70. The number of esters is 1. The largest absolute Gasteiger partial charge is 0.481 e. The van der Waals surface area contributed by atoms with E-state index in [1.54, 1.807) is 6.92 Å². The van der Waals surface area contributed by atoms with Crippen LogP contribution in [0.5, 0.6) is 0 Å². The van der Waals surface area contributed by atoms with E-state index in [2.05, 4.69) is 86.2 Å². The summed E-state index contributed by atoms with van der Waals surface area (Å²) < 4.78 is 6.11. The molecule has 0 heterocycles. The zero-order chi connectivity index (χ0) is 38.1. The van der Waals surface area contributed by atoms with Crippen LogP contribution in [0.3, 0.4) is 0 Å². The number of rotatable bonds is 12. The quantitative estimate of drug-likeness (QED) is 0.199. The first-order valence-electron chi connectivity index (χ1n) is 20.3. The summed E-state index contributed by atoms with van der Waals surface area (Å²) in [6, 6.07) is 0.306. The van der Waals surface area contributed by atoms with Gasteiger partial charge in [-0.2, -0.15) is 0 Å². The van der Waals surface area contributed by atoms with Gasteiger partial charge in [0.2, 0.25) is 0 Å². The van der Waals surface area contributed by atoms with Gasteiger partial charge in [0.1, 0.15) is 6.10 Å². The summed E-state index contributed by atoms with van der Waals surface area (Å²) in [6.07, 6.45) is 7.55. The van der Waals surface area contributed by atoms with E-state index < -0.39 is 29.4 Å². The number of nitrogens with zero attached hydrogens (tertiary/aromatic N) is 2. The molecule has 10 atom stereocenters. The minimum atomic E-state index is -0.969. The van der Waals surface area contributed by atoms with E-state index in [4.69, 9.17) is 4.74 Å². The van der Waals surface area contributed by atoms with E-state index in [0.717, 1.165) is 70.0 Å². The van der Waals surface area contributed by atoms with Gasteiger partial charge in [0, 0.05) is 42.9 Å². The third kappa shape index (κ3) is 6.57. The number of ketones is 1. The molecule has 5 aliphatic carbocycles. The Kier molecular flexibility index (Phi) is 11.2. The van der Waals surface area contributed by atoms with Crippen LogP contribution in [-0.2, 0) is 19.1 Å². The molecule has 5 rings (SSSR count). The number of hydrogen-bond acceptors (Lipinski definition) is 7. The van der Waals surface area contributed by atoms with Crippen molar-refractivity contribution < 1.29 is 29.3 Å². The number of ether oxygens (including phenoxy) is 1. The molecule has 0 aliphatic heterocycles. The van der Waals surface area contributed by atoms with Crippen LogP contribution in [0.2, 0.25) is 0 Å². The fourth-order valence-electron chi connectivity index (χ4n) is 13.1. The van der Waals surface area contributed by atoms with Crippen LogP contribution in [-0.4, -0.2) is 89.7 Å². The molecule has 51 heavy (non-hydrogen) atoms. The van der Waals surface area contributed by atoms with Gasteiger partial charge in [-0.05, 0) is 125 Å². The van der Waals surface area contributed by atoms with Crippen LogP contribution in [0.1, 0.15) is 133 Å². The molecule has 1 unspecified atom stereocenters. The van der Waals surface area contributed by atoms with Crippen LogP contribution in [0.25, 0.3) is 0 Å². The molecular formula is C43H72N2O6. The molecule has 2 N–H and O–H groups in total. The Bertz CT molecular complexity index is 1390. The molecule has 0 spiro atoms. The number of likely N-dealkylation sites (N-methyl/N-ethyl adjacent to an activating group) is 1. The lowest BCUT2D eigenvalue weighted by molar-refractivity contribution is -0.235. The van der Waals surface area contributed by atoms with E-state index in [1.807, 2.05) is 0 Å². The molecule has 4 fully saturated rings. The molecule has 290 valence electrons. The molecule has 8 nitrogen and oxygen atoms in total. The highest BCUT2D eigenvalue weighted by molar-refractivity contribution is 6.00. The van der Waals surface area contributed by atoms with Crippen molar-refractivity contribution in [3.63, 3.8) is 0 Å². The summed E-state index contributed by atoms with van der Waals surface area (Å²) in [6.45, 7) is 25.0. The van der Waals surface area contributed by atoms with E-state index in [0.29, 0.717) is 30.8 Å². The Hall–Kier alpha value is -1.77. The Balaban J connectivity index is 1.45. The maximum Gasteiger partial charge on any atom is 0.306 e. The number of Topliss-reactive ketones (excluding diaryl/α,β-unsaturated/α-hetero) is 1. The number of carboxylic acids is 1. The van der Waals surface area contributed by atoms with Crippen molar-refractivity contribution in [3.8, 4) is 0 Å². The van der Waals surface area contributed by atoms with E-state index in [9.17, 15) is 24.6 Å². The second kappa shape index (κ2) is 14.1. The third-order valence-corrected chi connectivity index (χ3v) is 16.2. The van der Waals surface area contributed by atoms with Gasteiger partial charge in [-0.25, -0.2) is 0 Å². The summed E-state index contributed by atoms with van der Waals surface area (Å²) in [7, 11) is 4.19. The zero-order valence-electron chi connectivity index (χ0n) is 34.2. The van der Waals surface area contributed by atoms with Crippen molar-refractivity contribution in [1.82, 2.24) is 9.80 Å². The highest BCUT2D eigenvalue weighted by Crippen LogP contribution is 2.77. The minimum absolute atomic E-state index is 0.0102. The average molecular weight is 713 g/mol. The number of fused-ring (bicyclic) bond motifs is 7. The standard InChI is InChI=1S/C43H72N2O6/c1-26(2)36-30(46)24-43(33(47)25-45(27(3)4)22-21-44(11)12)20-19-41(9)29(37(36)43)13-14-32-40(8)17-16-34(51-35(48)23-28(5)38(49)50)39(6,7)31(40)15-18-42(32,41)10/h26-29,31-34,47H,13-25H2,1-12H3,(H,49,50)/t28?,29-,31+,32-,33+,34+,40+,41-,42-,43+/m1/s1. The molecule has 4 saturated carbocycles. The molecular weight excluding hydrogens is 640 g/mol. The second-order valence-electron chi connectivity index (χ2n) is 20.0. The van der Waals surface area contributed by atoms with Gasteiger partial charge < -0.3 is 19.8 Å². The van der Waals surface area contributed by atoms with E-state index in [-0.39, 0.29) is 51.8 Å². The first-order chi connectivity index (χ1) is 23.6. The van der Waals surface area contributed by atoms with Crippen molar-refractivity contribution >= 4 is 17.7 Å². The summed E-state index contributed by atoms with van der Waals surface area (Å²) >= 11 is 0. The average Bonchev–Trinajstić information content (AvgIpc) is 3.33.